The summed E-state index contributed by atoms with van der Waals surface area (Å²) in [5.41, 5.74) is 2.57. The molecule has 0 saturated heterocycles. The average Bonchev–Trinajstić information content (AvgIpc) is 2.18. The molecule has 1 aromatic carbocycles. The van der Waals surface area contributed by atoms with Gasteiger partial charge in [0.05, 0.1) is 7.11 Å². The van der Waals surface area contributed by atoms with Crippen molar-refractivity contribution in [1.82, 2.24) is 0 Å². The monoisotopic (exact) mass is 206 g/mol. The topological polar surface area (TPSA) is 46.5 Å². The number of benzene rings is 1. The van der Waals surface area contributed by atoms with Gasteiger partial charge in [-0.1, -0.05) is 24.3 Å². The van der Waals surface area contributed by atoms with E-state index in [1.54, 1.807) is 6.92 Å². The molecule has 0 aromatic heterocycles. The molecular weight excluding hydrogens is 192 g/mol. The molecule has 0 aliphatic rings. The molecule has 0 aliphatic heterocycles. The molecule has 0 saturated carbocycles. The van der Waals surface area contributed by atoms with Gasteiger partial charge >= 0.3 is 5.97 Å². The smallest absolute Gasteiger partial charge is 0.371 e. The molecule has 0 fully saturated rings. The molecule has 0 radical (unpaired) electrons. The summed E-state index contributed by atoms with van der Waals surface area (Å²) in [5, 5.41) is 8.91. The lowest BCUT2D eigenvalue weighted by Gasteiger charge is -2.09. The number of carboxylic acid groups (broad SMARTS) is 1. The van der Waals surface area contributed by atoms with Crippen LogP contribution in [0.15, 0.2) is 30.0 Å². The van der Waals surface area contributed by atoms with Gasteiger partial charge in [0.2, 0.25) is 5.76 Å². The van der Waals surface area contributed by atoms with Crippen LogP contribution in [0.1, 0.15) is 18.1 Å². The van der Waals surface area contributed by atoms with Crippen LogP contribution < -0.4 is 0 Å². The van der Waals surface area contributed by atoms with Crippen LogP contribution in [-0.2, 0) is 9.53 Å². The molecular formula is C12H14O3. The molecule has 0 atom stereocenters. The Morgan fingerprint density at radius 3 is 2.40 bits per heavy atom. The van der Waals surface area contributed by atoms with Gasteiger partial charge < -0.3 is 9.84 Å². The molecule has 0 aliphatic carbocycles. The first-order valence-corrected chi connectivity index (χ1v) is 4.62. The maximum Gasteiger partial charge on any atom is 0.371 e. The van der Waals surface area contributed by atoms with Gasteiger partial charge in [-0.15, -0.1) is 0 Å². The summed E-state index contributed by atoms with van der Waals surface area (Å²) >= 11 is 0. The first-order valence-electron chi connectivity index (χ1n) is 4.62. The third-order valence-corrected chi connectivity index (χ3v) is 2.29. The molecule has 1 rings (SSSR count). The summed E-state index contributed by atoms with van der Waals surface area (Å²) in [7, 11) is 1.37. The standard InChI is InChI=1S/C12H14O3/c1-8-6-4-5-7-10(8)9(2)11(15-3)12(13)14/h4-7H,1-3H3,(H,13,14). The highest BCUT2D eigenvalue weighted by molar-refractivity contribution is 5.94. The lowest BCUT2D eigenvalue weighted by molar-refractivity contribution is -0.135. The normalized spacial score (nSPS) is 11.9. The molecule has 1 N–H and O–H groups in total. The highest BCUT2D eigenvalue weighted by Gasteiger charge is 2.13. The van der Waals surface area contributed by atoms with E-state index in [-0.39, 0.29) is 5.76 Å². The zero-order chi connectivity index (χ0) is 11.4. The van der Waals surface area contributed by atoms with E-state index in [0.717, 1.165) is 11.1 Å². The summed E-state index contributed by atoms with van der Waals surface area (Å²) in [4.78, 5) is 10.9. The first kappa shape index (κ1) is 11.3. The van der Waals surface area contributed by atoms with Crippen LogP contribution in [0.5, 0.6) is 0 Å². The van der Waals surface area contributed by atoms with Gasteiger partial charge in [-0.2, -0.15) is 0 Å². The van der Waals surface area contributed by atoms with Crippen LogP contribution in [0.3, 0.4) is 0 Å². The predicted molar refractivity (Wildman–Crippen MR) is 58.4 cm³/mol. The number of carboxylic acids is 1. The summed E-state index contributed by atoms with van der Waals surface area (Å²) in [6, 6.07) is 7.61. The van der Waals surface area contributed by atoms with E-state index in [1.807, 2.05) is 31.2 Å². The third kappa shape index (κ3) is 2.37. The van der Waals surface area contributed by atoms with Crippen molar-refractivity contribution < 1.29 is 14.6 Å². The Kier molecular flexibility index (Phi) is 3.50. The molecule has 15 heavy (non-hydrogen) atoms. The molecule has 1 aromatic rings. The minimum Gasteiger partial charge on any atom is -0.490 e. The minimum absolute atomic E-state index is 0.00991. The number of hydrogen-bond acceptors (Lipinski definition) is 2. The maximum atomic E-state index is 10.9. The van der Waals surface area contributed by atoms with Crippen molar-refractivity contribution in [2.75, 3.05) is 7.11 Å². The van der Waals surface area contributed by atoms with Gasteiger partial charge in [-0.3, -0.25) is 0 Å². The van der Waals surface area contributed by atoms with Gasteiger partial charge in [0, 0.05) is 5.57 Å². The lowest BCUT2D eigenvalue weighted by atomic mass is 10.0. The van der Waals surface area contributed by atoms with Crippen molar-refractivity contribution in [2.24, 2.45) is 0 Å². The quantitative estimate of drug-likeness (QED) is 0.610. The second-order valence-corrected chi connectivity index (χ2v) is 3.28. The Morgan fingerprint density at radius 2 is 1.93 bits per heavy atom. The van der Waals surface area contributed by atoms with Crippen LogP contribution >= 0.6 is 0 Å². The van der Waals surface area contributed by atoms with E-state index in [2.05, 4.69) is 0 Å². The van der Waals surface area contributed by atoms with E-state index < -0.39 is 5.97 Å². The van der Waals surface area contributed by atoms with E-state index in [0.29, 0.717) is 5.57 Å². The Labute approximate surface area is 89.0 Å². The van der Waals surface area contributed by atoms with Crippen molar-refractivity contribution in [2.45, 2.75) is 13.8 Å². The zero-order valence-electron chi connectivity index (χ0n) is 9.07. The summed E-state index contributed by atoms with van der Waals surface area (Å²) in [6.45, 7) is 3.68. The molecule has 3 nitrogen and oxygen atoms in total. The second-order valence-electron chi connectivity index (χ2n) is 3.28. The van der Waals surface area contributed by atoms with Crippen molar-refractivity contribution >= 4 is 11.5 Å². The lowest BCUT2D eigenvalue weighted by Crippen LogP contribution is -2.05. The number of aliphatic carboxylic acids is 1. The number of aryl methyl sites for hydroxylation is 1. The minimum atomic E-state index is -1.04. The Bertz CT molecular complexity index is 405. The third-order valence-electron chi connectivity index (χ3n) is 2.29. The fraction of sp³-hybridized carbons (Fsp3) is 0.250. The van der Waals surface area contributed by atoms with E-state index >= 15 is 0 Å². The second kappa shape index (κ2) is 4.64. The number of hydrogen-bond donors (Lipinski definition) is 1. The summed E-state index contributed by atoms with van der Waals surface area (Å²) in [6.07, 6.45) is 0. The SMILES string of the molecule is COC(C(=O)O)=C(C)c1ccccc1C. The molecule has 0 amide bonds. The van der Waals surface area contributed by atoms with Crippen molar-refractivity contribution in [1.29, 1.82) is 0 Å². The van der Waals surface area contributed by atoms with Crippen LogP contribution in [0, 0.1) is 6.92 Å². The van der Waals surface area contributed by atoms with E-state index in [4.69, 9.17) is 9.84 Å². The summed E-state index contributed by atoms with van der Waals surface area (Å²) < 4.78 is 4.86. The first-order chi connectivity index (χ1) is 7.07. The van der Waals surface area contributed by atoms with Gasteiger partial charge in [0.1, 0.15) is 0 Å². The van der Waals surface area contributed by atoms with Gasteiger partial charge in [-0.25, -0.2) is 4.79 Å². The van der Waals surface area contributed by atoms with Crippen LogP contribution in [0.25, 0.3) is 5.57 Å². The van der Waals surface area contributed by atoms with Crippen molar-refractivity contribution in [3.63, 3.8) is 0 Å². The fourth-order valence-corrected chi connectivity index (χ4v) is 1.52. The van der Waals surface area contributed by atoms with Gasteiger partial charge in [-0.05, 0) is 25.0 Å². The molecule has 0 heterocycles. The highest BCUT2D eigenvalue weighted by Crippen LogP contribution is 2.21. The number of carbonyl (C=O) groups is 1. The largest absolute Gasteiger partial charge is 0.490 e. The van der Waals surface area contributed by atoms with Crippen molar-refractivity contribution in [3.05, 3.63) is 41.2 Å². The molecule has 3 heteroatoms. The molecule has 0 spiro atoms. The van der Waals surface area contributed by atoms with E-state index in [9.17, 15) is 4.79 Å². The van der Waals surface area contributed by atoms with Crippen LogP contribution in [0.2, 0.25) is 0 Å². The maximum absolute atomic E-state index is 10.9. The fourth-order valence-electron chi connectivity index (χ4n) is 1.52. The Hall–Kier alpha value is -1.77. The molecule has 80 valence electrons. The number of allylic oxidation sites excluding steroid dienone is 1. The number of methoxy groups -OCH3 is 1. The average molecular weight is 206 g/mol. The van der Waals surface area contributed by atoms with Crippen LogP contribution in [0.4, 0.5) is 0 Å². The number of rotatable bonds is 3. The molecule has 0 bridgehead atoms. The zero-order valence-corrected chi connectivity index (χ0v) is 9.07. The predicted octanol–water partition coefficient (Wildman–Crippen LogP) is 2.46. The Morgan fingerprint density at radius 1 is 1.33 bits per heavy atom. The summed E-state index contributed by atoms with van der Waals surface area (Å²) in [5.74, 6) is -1.05. The Balaban J connectivity index is 3.28. The van der Waals surface area contributed by atoms with Gasteiger partial charge in [0.25, 0.3) is 0 Å². The van der Waals surface area contributed by atoms with E-state index in [1.165, 1.54) is 7.11 Å². The number of ether oxygens (including phenoxy) is 1. The van der Waals surface area contributed by atoms with Crippen LogP contribution in [-0.4, -0.2) is 18.2 Å². The van der Waals surface area contributed by atoms with Gasteiger partial charge in [0.15, 0.2) is 0 Å². The van der Waals surface area contributed by atoms with Crippen molar-refractivity contribution in [3.8, 4) is 0 Å². The highest BCUT2D eigenvalue weighted by atomic mass is 16.5. The molecule has 0 unspecified atom stereocenters.